The third kappa shape index (κ3) is 5.04. The van der Waals surface area contributed by atoms with Crippen molar-refractivity contribution in [2.24, 2.45) is 11.3 Å². The van der Waals surface area contributed by atoms with Gasteiger partial charge in [0.1, 0.15) is 5.78 Å². The predicted octanol–water partition coefficient (Wildman–Crippen LogP) is 3.53. The lowest BCUT2D eigenvalue weighted by atomic mass is 9.86. The van der Waals surface area contributed by atoms with Crippen LogP contribution in [0.15, 0.2) is 0 Å². The molecule has 0 aromatic rings. The molecular formula is C12H22OS. The number of carbonyl (C=O) groups is 1. The average molecular weight is 214 g/mol. The maximum atomic E-state index is 11.7. The first kappa shape index (κ1) is 12.1. The molecule has 0 amide bonds. The van der Waals surface area contributed by atoms with E-state index in [-0.39, 0.29) is 5.41 Å². The van der Waals surface area contributed by atoms with Gasteiger partial charge in [-0.05, 0) is 35.7 Å². The topological polar surface area (TPSA) is 17.1 Å². The predicted molar refractivity (Wildman–Crippen MR) is 63.7 cm³/mol. The number of ketones is 1. The molecule has 0 unspecified atom stereocenters. The minimum absolute atomic E-state index is 0.167. The zero-order valence-corrected chi connectivity index (χ0v) is 10.5. The Balaban J connectivity index is 2.25. The van der Waals surface area contributed by atoms with Crippen LogP contribution in [-0.2, 0) is 4.79 Å². The number of Topliss-reactive ketones (excluding diaryl/α,β-unsaturated/α-hetero) is 1. The lowest BCUT2D eigenvalue weighted by Crippen LogP contribution is -2.18. The van der Waals surface area contributed by atoms with Crippen LogP contribution in [0.3, 0.4) is 0 Å². The van der Waals surface area contributed by atoms with E-state index < -0.39 is 0 Å². The van der Waals surface area contributed by atoms with Crippen molar-refractivity contribution in [3.63, 3.8) is 0 Å². The van der Waals surface area contributed by atoms with Crippen LogP contribution in [0, 0.1) is 11.3 Å². The Bertz CT molecular complexity index is 187. The van der Waals surface area contributed by atoms with Crippen molar-refractivity contribution >= 4 is 17.5 Å². The van der Waals surface area contributed by atoms with Gasteiger partial charge in [0.05, 0.1) is 0 Å². The molecule has 0 aromatic carbocycles. The number of carbonyl (C=O) groups excluding carboxylic acids is 1. The SMILES string of the molecule is CC(C)(C)CC(=O)CC1CCSCC1. The number of rotatable bonds is 3. The summed E-state index contributed by atoms with van der Waals surface area (Å²) in [4.78, 5) is 11.7. The van der Waals surface area contributed by atoms with Crippen molar-refractivity contribution in [3.8, 4) is 0 Å². The van der Waals surface area contributed by atoms with Gasteiger partial charge in [0.2, 0.25) is 0 Å². The van der Waals surface area contributed by atoms with Crippen molar-refractivity contribution in [1.82, 2.24) is 0 Å². The van der Waals surface area contributed by atoms with Crippen LogP contribution in [0.25, 0.3) is 0 Å². The largest absolute Gasteiger partial charge is 0.300 e. The summed E-state index contributed by atoms with van der Waals surface area (Å²) in [6.45, 7) is 6.42. The summed E-state index contributed by atoms with van der Waals surface area (Å²) >= 11 is 2.03. The van der Waals surface area contributed by atoms with Crippen LogP contribution in [-0.4, -0.2) is 17.3 Å². The van der Waals surface area contributed by atoms with Crippen molar-refractivity contribution in [3.05, 3.63) is 0 Å². The highest BCUT2D eigenvalue weighted by molar-refractivity contribution is 7.99. The third-order valence-electron chi connectivity index (χ3n) is 2.58. The molecule has 1 saturated heterocycles. The van der Waals surface area contributed by atoms with E-state index in [9.17, 15) is 4.79 Å². The Morgan fingerprint density at radius 1 is 1.29 bits per heavy atom. The molecule has 1 fully saturated rings. The maximum absolute atomic E-state index is 11.7. The summed E-state index contributed by atoms with van der Waals surface area (Å²) in [5, 5.41) is 0. The number of hydrogen-bond acceptors (Lipinski definition) is 2. The Labute approximate surface area is 92.0 Å². The Morgan fingerprint density at radius 2 is 1.86 bits per heavy atom. The first-order chi connectivity index (χ1) is 6.47. The Kier molecular flexibility index (Phi) is 4.49. The third-order valence-corrected chi connectivity index (χ3v) is 3.63. The van der Waals surface area contributed by atoms with Gasteiger partial charge < -0.3 is 0 Å². The van der Waals surface area contributed by atoms with Crippen LogP contribution in [0.4, 0.5) is 0 Å². The fourth-order valence-electron chi connectivity index (χ4n) is 1.94. The van der Waals surface area contributed by atoms with Crippen LogP contribution >= 0.6 is 11.8 Å². The molecule has 1 rings (SSSR count). The standard InChI is InChI=1S/C12H22OS/c1-12(2,3)9-11(13)8-10-4-6-14-7-5-10/h10H,4-9H2,1-3H3. The van der Waals surface area contributed by atoms with Crippen LogP contribution in [0.2, 0.25) is 0 Å². The molecule has 1 aliphatic rings. The van der Waals surface area contributed by atoms with Gasteiger partial charge in [0.15, 0.2) is 0 Å². The minimum Gasteiger partial charge on any atom is -0.300 e. The molecule has 0 atom stereocenters. The molecule has 0 radical (unpaired) electrons. The van der Waals surface area contributed by atoms with E-state index in [1.54, 1.807) is 0 Å². The van der Waals surface area contributed by atoms with Crippen molar-refractivity contribution in [1.29, 1.82) is 0 Å². The number of hydrogen-bond donors (Lipinski definition) is 0. The molecule has 1 aliphatic heterocycles. The van der Waals surface area contributed by atoms with E-state index >= 15 is 0 Å². The van der Waals surface area contributed by atoms with Gasteiger partial charge in [-0.25, -0.2) is 0 Å². The zero-order chi connectivity index (χ0) is 10.6. The Morgan fingerprint density at radius 3 is 2.36 bits per heavy atom. The second-order valence-electron chi connectivity index (χ2n) is 5.54. The van der Waals surface area contributed by atoms with Crippen LogP contribution < -0.4 is 0 Å². The van der Waals surface area contributed by atoms with Gasteiger partial charge in [-0.1, -0.05) is 20.8 Å². The first-order valence-corrected chi connectivity index (χ1v) is 6.72. The normalized spacial score (nSPS) is 19.6. The van der Waals surface area contributed by atoms with Gasteiger partial charge in [0.25, 0.3) is 0 Å². The molecular weight excluding hydrogens is 192 g/mol. The summed E-state index contributed by atoms with van der Waals surface area (Å²) in [5.41, 5.74) is 0.167. The summed E-state index contributed by atoms with van der Waals surface area (Å²) in [5.74, 6) is 3.67. The van der Waals surface area contributed by atoms with E-state index in [0.29, 0.717) is 11.7 Å². The van der Waals surface area contributed by atoms with Crippen molar-refractivity contribution in [2.45, 2.75) is 46.5 Å². The monoisotopic (exact) mass is 214 g/mol. The average Bonchev–Trinajstić information content (AvgIpc) is 2.02. The molecule has 14 heavy (non-hydrogen) atoms. The van der Waals surface area contributed by atoms with E-state index in [1.807, 2.05) is 11.8 Å². The molecule has 1 heterocycles. The smallest absolute Gasteiger partial charge is 0.133 e. The Hall–Kier alpha value is 0.0200. The second kappa shape index (κ2) is 5.20. The fraction of sp³-hybridized carbons (Fsp3) is 0.917. The molecule has 0 spiro atoms. The summed E-state index contributed by atoms with van der Waals surface area (Å²) in [6.07, 6.45) is 4.08. The summed E-state index contributed by atoms with van der Waals surface area (Å²) in [7, 11) is 0. The highest BCUT2D eigenvalue weighted by atomic mass is 32.2. The minimum atomic E-state index is 0.167. The van der Waals surface area contributed by atoms with Gasteiger partial charge >= 0.3 is 0 Å². The van der Waals surface area contributed by atoms with Crippen LogP contribution in [0.1, 0.15) is 46.5 Å². The van der Waals surface area contributed by atoms with E-state index in [4.69, 9.17) is 0 Å². The van der Waals surface area contributed by atoms with Crippen molar-refractivity contribution < 1.29 is 4.79 Å². The molecule has 1 nitrogen and oxygen atoms in total. The van der Waals surface area contributed by atoms with E-state index in [2.05, 4.69) is 20.8 Å². The molecule has 0 aromatic heterocycles. The molecule has 0 aliphatic carbocycles. The van der Waals surface area contributed by atoms with Crippen LogP contribution in [0.5, 0.6) is 0 Å². The molecule has 82 valence electrons. The molecule has 0 saturated carbocycles. The fourth-order valence-corrected chi connectivity index (χ4v) is 3.14. The van der Waals surface area contributed by atoms with E-state index in [0.717, 1.165) is 12.8 Å². The molecule has 0 N–H and O–H groups in total. The lowest BCUT2D eigenvalue weighted by molar-refractivity contribution is -0.121. The zero-order valence-electron chi connectivity index (χ0n) is 9.64. The summed E-state index contributed by atoms with van der Waals surface area (Å²) < 4.78 is 0. The maximum Gasteiger partial charge on any atom is 0.133 e. The quantitative estimate of drug-likeness (QED) is 0.715. The van der Waals surface area contributed by atoms with E-state index in [1.165, 1.54) is 24.3 Å². The second-order valence-corrected chi connectivity index (χ2v) is 6.76. The van der Waals surface area contributed by atoms with Crippen molar-refractivity contribution in [2.75, 3.05) is 11.5 Å². The molecule has 0 bridgehead atoms. The number of thioether (sulfide) groups is 1. The van der Waals surface area contributed by atoms with Gasteiger partial charge in [-0.3, -0.25) is 4.79 Å². The lowest BCUT2D eigenvalue weighted by Gasteiger charge is -2.23. The van der Waals surface area contributed by atoms with Gasteiger partial charge in [0, 0.05) is 12.8 Å². The summed E-state index contributed by atoms with van der Waals surface area (Å²) in [6, 6.07) is 0. The molecule has 2 heteroatoms. The van der Waals surface area contributed by atoms with Gasteiger partial charge in [-0.2, -0.15) is 11.8 Å². The highest BCUT2D eigenvalue weighted by Gasteiger charge is 2.21. The highest BCUT2D eigenvalue weighted by Crippen LogP contribution is 2.28. The first-order valence-electron chi connectivity index (χ1n) is 5.57. The van der Waals surface area contributed by atoms with Gasteiger partial charge in [-0.15, -0.1) is 0 Å².